The summed E-state index contributed by atoms with van der Waals surface area (Å²) in [5, 5.41) is 9.61. The number of anilines is 4. The summed E-state index contributed by atoms with van der Waals surface area (Å²) < 4.78 is 0. The number of hydrogen-bond donors (Lipinski definition) is 3. The first kappa shape index (κ1) is 19.0. The molecule has 0 unspecified atom stereocenters. The van der Waals surface area contributed by atoms with Crippen molar-refractivity contribution >= 4 is 45.6 Å². The lowest BCUT2D eigenvalue weighted by Crippen LogP contribution is -2.14. The Labute approximate surface area is 172 Å². The maximum Gasteiger partial charge on any atom is 0.275 e. The zero-order valence-corrected chi connectivity index (χ0v) is 16.1. The smallest absolute Gasteiger partial charge is 0.275 e. The van der Waals surface area contributed by atoms with Crippen LogP contribution in [-0.2, 0) is 4.79 Å². The van der Waals surface area contributed by atoms with Crippen LogP contribution in [0.5, 0.6) is 0 Å². The minimum Gasteiger partial charge on any atom is -0.337 e. The van der Waals surface area contributed by atoms with E-state index in [0.29, 0.717) is 17.2 Å². The molecule has 2 aromatic carbocycles. The van der Waals surface area contributed by atoms with Gasteiger partial charge in [0.1, 0.15) is 11.5 Å². The molecule has 0 saturated heterocycles. The number of rotatable bonds is 5. The number of aromatic nitrogens is 3. The topological polar surface area (TPSA) is 109 Å². The fourth-order valence-corrected chi connectivity index (χ4v) is 2.89. The molecule has 4 rings (SSSR count). The number of hydrogen-bond acceptors (Lipinski definition) is 6. The lowest BCUT2D eigenvalue weighted by atomic mass is 10.2. The van der Waals surface area contributed by atoms with Crippen molar-refractivity contribution in [3.8, 4) is 0 Å². The molecule has 0 aliphatic carbocycles. The van der Waals surface area contributed by atoms with Crippen molar-refractivity contribution in [2.75, 3.05) is 16.0 Å². The zero-order chi connectivity index (χ0) is 20.9. The van der Waals surface area contributed by atoms with Crippen LogP contribution in [0.1, 0.15) is 17.4 Å². The highest BCUT2D eigenvalue weighted by atomic mass is 16.2. The second-order valence-corrected chi connectivity index (χ2v) is 6.51. The summed E-state index contributed by atoms with van der Waals surface area (Å²) in [4.78, 5) is 36.3. The largest absolute Gasteiger partial charge is 0.337 e. The predicted molar refractivity (Wildman–Crippen MR) is 116 cm³/mol. The number of nitrogens with zero attached hydrogens (tertiary/aromatic N) is 3. The van der Waals surface area contributed by atoms with E-state index in [9.17, 15) is 9.59 Å². The molecule has 4 aromatic rings. The molecule has 8 heteroatoms. The third-order valence-corrected chi connectivity index (χ3v) is 4.24. The molecule has 0 fully saturated rings. The summed E-state index contributed by atoms with van der Waals surface area (Å²) in [6, 6.07) is 16.5. The summed E-state index contributed by atoms with van der Waals surface area (Å²) in [6.45, 7) is 1.43. The third-order valence-electron chi connectivity index (χ3n) is 4.24. The van der Waals surface area contributed by atoms with Gasteiger partial charge < -0.3 is 16.0 Å². The van der Waals surface area contributed by atoms with Crippen LogP contribution in [0.15, 0.2) is 73.2 Å². The van der Waals surface area contributed by atoms with Gasteiger partial charge in [-0.2, -0.15) is 0 Å². The lowest BCUT2D eigenvalue weighted by molar-refractivity contribution is -0.114. The molecular formula is C22H18N6O2. The number of benzene rings is 2. The van der Waals surface area contributed by atoms with Gasteiger partial charge >= 0.3 is 0 Å². The maximum absolute atomic E-state index is 12.4. The van der Waals surface area contributed by atoms with Crippen LogP contribution in [0.3, 0.4) is 0 Å². The lowest BCUT2D eigenvalue weighted by Gasteiger charge is -2.09. The molecule has 0 aliphatic rings. The van der Waals surface area contributed by atoms with Crippen molar-refractivity contribution in [3.05, 3.63) is 78.9 Å². The second-order valence-electron chi connectivity index (χ2n) is 6.51. The Morgan fingerprint density at radius 1 is 0.800 bits per heavy atom. The standard InChI is InChI=1S/C22H18N6O2/c1-14(29)26-16-7-9-17(10-8-16)27-22(30)19-12-25-20(13-24-19)28-18-6-2-4-15-5-3-11-23-21(15)18/h2-13H,1H3,(H,25,28)(H,26,29)(H,27,30). The van der Waals surface area contributed by atoms with Crippen LogP contribution in [0.2, 0.25) is 0 Å². The first-order valence-corrected chi connectivity index (χ1v) is 9.20. The van der Waals surface area contributed by atoms with Crippen molar-refractivity contribution in [1.29, 1.82) is 0 Å². The minimum atomic E-state index is -0.381. The van der Waals surface area contributed by atoms with E-state index in [0.717, 1.165) is 16.6 Å². The number of carbonyl (C=O) groups is 2. The van der Waals surface area contributed by atoms with Gasteiger partial charge in [0.05, 0.1) is 23.6 Å². The van der Waals surface area contributed by atoms with E-state index in [1.807, 2.05) is 30.3 Å². The molecule has 2 aromatic heterocycles. The Kier molecular flexibility index (Phi) is 5.29. The van der Waals surface area contributed by atoms with E-state index in [1.165, 1.54) is 19.3 Å². The molecular weight excluding hydrogens is 380 g/mol. The highest BCUT2D eigenvalue weighted by Crippen LogP contribution is 2.23. The fourth-order valence-electron chi connectivity index (χ4n) is 2.89. The monoisotopic (exact) mass is 398 g/mol. The van der Waals surface area contributed by atoms with E-state index in [-0.39, 0.29) is 17.5 Å². The Bertz CT molecular complexity index is 1200. The molecule has 2 amide bonds. The predicted octanol–water partition coefficient (Wildman–Crippen LogP) is 3.98. The van der Waals surface area contributed by atoms with Gasteiger partial charge in [-0.3, -0.25) is 14.6 Å². The molecule has 8 nitrogen and oxygen atoms in total. The Morgan fingerprint density at radius 3 is 2.23 bits per heavy atom. The quantitative estimate of drug-likeness (QED) is 0.469. The molecule has 0 radical (unpaired) electrons. The van der Waals surface area contributed by atoms with Crippen LogP contribution in [0, 0.1) is 0 Å². The van der Waals surface area contributed by atoms with Crippen molar-refractivity contribution in [3.63, 3.8) is 0 Å². The zero-order valence-electron chi connectivity index (χ0n) is 16.1. The van der Waals surface area contributed by atoms with E-state index in [1.54, 1.807) is 30.5 Å². The van der Waals surface area contributed by atoms with E-state index < -0.39 is 0 Å². The molecule has 0 bridgehead atoms. The summed E-state index contributed by atoms with van der Waals surface area (Å²) in [5.74, 6) is -0.0347. The summed E-state index contributed by atoms with van der Waals surface area (Å²) in [5.41, 5.74) is 3.05. The van der Waals surface area contributed by atoms with Crippen LogP contribution >= 0.6 is 0 Å². The summed E-state index contributed by atoms with van der Waals surface area (Å²) >= 11 is 0. The van der Waals surface area contributed by atoms with E-state index >= 15 is 0 Å². The number of nitrogens with one attached hydrogen (secondary N) is 3. The molecule has 148 valence electrons. The minimum absolute atomic E-state index is 0.157. The average Bonchev–Trinajstić information content (AvgIpc) is 2.75. The van der Waals surface area contributed by atoms with Gasteiger partial charge in [-0.15, -0.1) is 0 Å². The van der Waals surface area contributed by atoms with Crippen molar-refractivity contribution in [2.45, 2.75) is 6.92 Å². The van der Waals surface area contributed by atoms with Gasteiger partial charge in [0.2, 0.25) is 5.91 Å². The number of pyridine rings is 1. The summed E-state index contributed by atoms with van der Waals surface area (Å²) in [6.07, 6.45) is 4.63. The molecule has 0 atom stereocenters. The first-order valence-electron chi connectivity index (χ1n) is 9.20. The molecule has 3 N–H and O–H groups in total. The van der Waals surface area contributed by atoms with Crippen LogP contribution in [0.4, 0.5) is 22.9 Å². The molecule has 2 heterocycles. The van der Waals surface area contributed by atoms with Gasteiger partial charge in [-0.05, 0) is 36.4 Å². The number of fused-ring (bicyclic) bond motifs is 1. The number of para-hydroxylation sites is 1. The van der Waals surface area contributed by atoms with Crippen LogP contribution in [-0.4, -0.2) is 26.8 Å². The maximum atomic E-state index is 12.4. The molecule has 0 aliphatic heterocycles. The highest BCUT2D eigenvalue weighted by Gasteiger charge is 2.10. The van der Waals surface area contributed by atoms with E-state index in [4.69, 9.17) is 0 Å². The normalized spacial score (nSPS) is 10.4. The Hall–Kier alpha value is -4.33. The van der Waals surface area contributed by atoms with Crippen molar-refractivity contribution in [2.24, 2.45) is 0 Å². The van der Waals surface area contributed by atoms with Crippen molar-refractivity contribution < 1.29 is 9.59 Å². The second kappa shape index (κ2) is 8.36. The van der Waals surface area contributed by atoms with Crippen molar-refractivity contribution in [1.82, 2.24) is 15.0 Å². The molecule has 0 saturated carbocycles. The summed E-state index contributed by atoms with van der Waals surface area (Å²) in [7, 11) is 0. The Balaban J connectivity index is 1.44. The molecule has 30 heavy (non-hydrogen) atoms. The van der Waals surface area contributed by atoms with Gasteiger partial charge in [0.25, 0.3) is 5.91 Å². The SMILES string of the molecule is CC(=O)Nc1ccc(NC(=O)c2cnc(Nc3cccc4cccnc34)cn2)cc1. The van der Waals surface area contributed by atoms with Crippen LogP contribution in [0.25, 0.3) is 10.9 Å². The average molecular weight is 398 g/mol. The van der Waals surface area contributed by atoms with Gasteiger partial charge in [0, 0.05) is 29.9 Å². The first-order chi connectivity index (χ1) is 14.6. The third kappa shape index (κ3) is 4.39. The fraction of sp³-hybridized carbons (Fsp3) is 0.0455. The van der Waals surface area contributed by atoms with E-state index in [2.05, 4.69) is 30.9 Å². The molecule has 0 spiro atoms. The van der Waals surface area contributed by atoms with Gasteiger partial charge in [-0.25, -0.2) is 9.97 Å². The number of amides is 2. The van der Waals surface area contributed by atoms with Gasteiger partial charge in [0.15, 0.2) is 0 Å². The van der Waals surface area contributed by atoms with Gasteiger partial charge in [-0.1, -0.05) is 18.2 Å². The highest BCUT2D eigenvalue weighted by molar-refractivity contribution is 6.03. The Morgan fingerprint density at radius 2 is 1.53 bits per heavy atom. The van der Waals surface area contributed by atoms with Crippen LogP contribution < -0.4 is 16.0 Å². The number of carbonyl (C=O) groups excluding carboxylic acids is 2.